The Morgan fingerprint density at radius 1 is 1.07 bits per heavy atom. The first-order valence-electron chi connectivity index (χ1n) is 4.50. The molecule has 0 aliphatic rings. The van der Waals surface area contributed by atoms with Crippen LogP contribution in [0.4, 0.5) is 4.39 Å². The van der Waals surface area contributed by atoms with E-state index in [1.54, 1.807) is 12.1 Å². The van der Waals surface area contributed by atoms with Crippen LogP contribution in [-0.2, 0) is 0 Å². The number of hydrogen-bond donors (Lipinski definition) is 0. The zero-order valence-corrected chi connectivity index (χ0v) is 7.92. The molecule has 0 saturated carbocycles. The van der Waals surface area contributed by atoms with Crippen molar-refractivity contribution in [3.8, 4) is 11.1 Å². The van der Waals surface area contributed by atoms with Gasteiger partial charge in [-0.2, -0.15) is 0 Å². The van der Waals surface area contributed by atoms with Crippen molar-refractivity contribution in [2.24, 2.45) is 0 Å². The lowest BCUT2D eigenvalue weighted by atomic mass is 10.0. The van der Waals surface area contributed by atoms with E-state index in [0.29, 0.717) is 0 Å². The number of benzene rings is 2. The molecular formula is C13H10F. The van der Waals surface area contributed by atoms with Crippen LogP contribution in [0.15, 0.2) is 42.5 Å². The Balaban J connectivity index is 2.50. The molecule has 69 valence electrons. The van der Waals surface area contributed by atoms with Crippen molar-refractivity contribution in [3.63, 3.8) is 0 Å². The second kappa shape index (κ2) is 3.62. The van der Waals surface area contributed by atoms with Crippen LogP contribution in [0.3, 0.4) is 0 Å². The van der Waals surface area contributed by atoms with Gasteiger partial charge < -0.3 is 0 Å². The minimum absolute atomic E-state index is 0.317. The molecule has 0 spiro atoms. The van der Waals surface area contributed by atoms with Gasteiger partial charge in [0.2, 0.25) is 0 Å². The average molecular weight is 185 g/mol. The molecule has 14 heavy (non-hydrogen) atoms. The Morgan fingerprint density at radius 2 is 1.86 bits per heavy atom. The van der Waals surface area contributed by atoms with Crippen molar-refractivity contribution in [2.75, 3.05) is 0 Å². The third-order valence-corrected chi connectivity index (χ3v) is 2.23. The predicted molar refractivity (Wildman–Crippen MR) is 55.4 cm³/mol. The van der Waals surface area contributed by atoms with Crippen molar-refractivity contribution in [3.05, 3.63) is 59.9 Å². The largest absolute Gasteiger partial charge is 0.206 e. The topological polar surface area (TPSA) is 0 Å². The molecule has 0 atom stereocenters. The molecule has 0 fully saturated rings. The molecule has 0 N–H and O–H groups in total. The summed E-state index contributed by atoms with van der Waals surface area (Å²) >= 11 is 0. The molecule has 0 aliphatic heterocycles. The van der Waals surface area contributed by atoms with E-state index in [9.17, 15) is 4.39 Å². The Morgan fingerprint density at radius 3 is 2.50 bits per heavy atom. The summed E-state index contributed by atoms with van der Waals surface area (Å²) in [6, 6.07) is 15.5. The smallest absolute Gasteiger partial charge is 0.131 e. The van der Waals surface area contributed by atoms with Gasteiger partial charge in [0.05, 0.1) is 0 Å². The molecule has 0 bridgehead atoms. The van der Waals surface area contributed by atoms with Gasteiger partial charge in [0.25, 0.3) is 0 Å². The summed E-state index contributed by atoms with van der Waals surface area (Å²) in [5.74, 6) is -0.317. The van der Waals surface area contributed by atoms with E-state index in [0.717, 1.165) is 11.1 Å². The fourth-order valence-electron chi connectivity index (χ4n) is 1.47. The van der Waals surface area contributed by atoms with Gasteiger partial charge in [0.15, 0.2) is 0 Å². The SMILES string of the molecule is Cc1ccccc1-c1c[c]c(F)cc1. The summed E-state index contributed by atoms with van der Waals surface area (Å²) in [5, 5.41) is 0. The second-order valence-corrected chi connectivity index (χ2v) is 3.24. The molecule has 0 heterocycles. The van der Waals surface area contributed by atoms with Gasteiger partial charge in [-0.15, -0.1) is 0 Å². The van der Waals surface area contributed by atoms with Crippen LogP contribution in [0, 0.1) is 18.8 Å². The lowest BCUT2D eigenvalue weighted by Crippen LogP contribution is -1.82. The van der Waals surface area contributed by atoms with Crippen LogP contribution < -0.4 is 0 Å². The first kappa shape index (κ1) is 8.95. The molecule has 0 aliphatic carbocycles. The van der Waals surface area contributed by atoms with Crippen LogP contribution in [0.1, 0.15) is 5.56 Å². The van der Waals surface area contributed by atoms with Gasteiger partial charge in [-0.1, -0.05) is 30.3 Å². The molecule has 2 aromatic carbocycles. The van der Waals surface area contributed by atoms with Crippen molar-refractivity contribution in [1.82, 2.24) is 0 Å². The molecule has 0 amide bonds. The zero-order valence-electron chi connectivity index (χ0n) is 7.92. The van der Waals surface area contributed by atoms with E-state index in [-0.39, 0.29) is 5.82 Å². The second-order valence-electron chi connectivity index (χ2n) is 3.24. The summed E-state index contributed by atoms with van der Waals surface area (Å²) < 4.78 is 12.6. The summed E-state index contributed by atoms with van der Waals surface area (Å²) in [5.41, 5.74) is 3.32. The van der Waals surface area contributed by atoms with Crippen LogP contribution in [0.2, 0.25) is 0 Å². The molecule has 1 heteroatoms. The Kier molecular flexibility index (Phi) is 2.32. The summed E-state index contributed by atoms with van der Waals surface area (Å²) in [7, 11) is 0. The standard InChI is InChI=1S/C13H10F/c1-10-4-2-3-5-13(10)11-6-8-12(14)9-7-11/h2-8H,1H3. The van der Waals surface area contributed by atoms with Crippen molar-refractivity contribution in [2.45, 2.75) is 6.92 Å². The Hall–Kier alpha value is -1.63. The molecule has 2 aromatic rings. The summed E-state index contributed by atoms with van der Waals surface area (Å²) in [4.78, 5) is 0. The highest BCUT2D eigenvalue weighted by Gasteiger charge is 2.00. The Labute approximate surface area is 83.0 Å². The third-order valence-electron chi connectivity index (χ3n) is 2.23. The maximum atomic E-state index is 12.6. The minimum atomic E-state index is -0.317. The van der Waals surface area contributed by atoms with Crippen LogP contribution in [-0.4, -0.2) is 0 Å². The maximum Gasteiger partial charge on any atom is 0.131 e. The molecule has 0 saturated heterocycles. The fourth-order valence-corrected chi connectivity index (χ4v) is 1.47. The fraction of sp³-hybridized carbons (Fsp3) is 0.0769. The molecule has 2 rings (SSSR count). The quantitative estimate of drug-likeness (QED) is 0.636. The minimum Gasteiger partial charge on any atom is -0.206 e. The summed E-state index contributed by atoms with van der Waals surface area (Å²) in [6.45, 7) is 2.04. The first-order chi connectivity index (χ1) is 6.77. The highest BCUT2D eigenvalue weighted by Crippen LogP contribution is 2.22. The summed E-state index contributed by atoms with van der Waals surface area (Å²) in [6.07, 6.45) is 0. The normalized spacial score (nSPS) is 10.1. The lowest BCUT2D eigenvalue weighted by molar-refractivity contribution is 0.626. The Bertz CT molecular complexity index is 429. The van der Waals surface area contributed by atoms with E-state index in [4.69, 9.17) is 0 Å². The van der Waals surface area contributed by atoms with E-state index >= 15 is 0 Å². The van der Waals surface area contributed by atoms with Gasteiger partial charge in [-0.3, -0.25) is 0 Å². The van der Waals surface area contributed by atoms with Crippen molar-refractivity contribution in [1.29, 1.82) is 0 Å². The third kappa shape index (κ3) is 1.67. The van der Waals surface area contributed by atoms with Crippen LogP contribution >= 0.6 is 0 Å². The zero-order chi connectivity index (χ0) is 9.97. The molecular weight excluding hydrogens is 175 g/mol. The number of hydrogen-bond acceptors (Lipinski definition) is 0. The van der Waals surface area contributed by atoms with E-state index in [2.05, 4.69) is 6.07 Å². The number of aryl methyl sites for hydroxylation is 1. The number of rotatable bonds is 1. The highest BCUT2D eigenvalue weighted by atomic mass is 19.1. The van der Waals surface area contributed by atoms with Gasteiger partial charge >= 0.3 is 0 Å². The monoisotopic (exact) mass is 185 g/mol. The van der Waals surface area contributed by atoms with Crippen molar-refractivity contribution < 1.29 is 4.39 Å². The van der Waals surface area contributed by atoms with Gasteiger partial charge in [-0.05, 0) is 35.7 Å². The average Bonchev–Trinajstić information content (AvgIpc) is 2.20. The number of halogens is 1. The lowest BCUT2D eigenvalue weighted by Gasteiger charge is -2.04. The van der Waals surface area contributed by atoms with Crippen LogP contribution in [0.25, 0.3) is 11.1 Å². The van der Waals surface area contributed by atoms with Gasteiger partial charge in [-0.25, -0.2) is 4.39 Å². The van der Waals surface area contributed by atoms with Crippen LogP contribution in [0.5, 0.6) is 0 Å². The van der Waals surface area contributed by atoms with Crippen molar-refractivity contribution >= 4 is 0 Å². The van der Waals surface area contributed by atoms with E-state index in [1.165, 1.54) is 11.6 Å². The van der Waals surface area contributed by atoms with Gasteiger partial charge in [0, 0.05) is 6.07 Å². The predicted octanol–water partition coefficient (Wildman–Crippen LogP) is 3.60. The molecule has 0 unspecified atom stereocenters. The highest BCUT2D eigenvalue weighted by molar-refractivity contribution is 5.66. The van der Waals surface area contributed by atoms with E-state index < -0.39 is 0 Å². The van der Waals surface area contributed by atoms with E-state index in [1.807, 2.05) is 31.2 Å². The molecule has 1 radical (unpaired) electrons. The molecule has 0 nitrogen and oxygen atoms in total. The molecule has 0 aromatic heterocycles. The van der Waals surface area contributed by atoms with Gasteiger partial charge in [0.1, 0.15) is 5.82 Å². The first-order valence-corrected chi connectivity index (χ1v) is 4.50. The maximum absolute atomic E-state index is 12.6.